The van der Waals surface area contributed by atoms with Gasteiger partial charge in [0.15, 0.2) is 0 Å². The largest absolute Gasteiger partial charge is 0.442 e. The Bertz CT molecular complexity index is 634. The summed E-state index contributed by atoms with van der Waals surface area (Å²) in [6, 6.07) is 15.5. The topological polar surface area (TPSA) is 52.6 Å². The molecule has 0 amide bonds. The Morgan fingerprint density at radius 2 is 1.68 bits per heavy atom. The van der Waals surface area contributed by atoms with Crippen LogP contribution in [-0.2, 0) is 9.53 Å². The zero-order valence-electron chi connectivity index (χ0n) is 9.91. The number of hydrogen-bond donors (Lipinski definition) is 0. The quantitative estimate of drug-likeness (QED) is 0.610. The molecule has 1 aliphatic rings. The summed E-state index contributed by atoms with van der Waals surface area (Å²) in [5.41, 5.74) is 0.964. The molecular weight excluding hydrogens is 244 g/mol. The first-order valence-electron chi connectivity index (χ1n) is 5.82. The van der Waals surface area contributed by atoms with Crippen LogP contribution in [0.25, 0.3) is 0 Å². The molecule has 1 atom stereocenters. The summed E-state index contributed by atoms with van der Waals surface area (Å²) in [5.74, 6) is -0.664. The van der Waals surface area contributed by atoms with Crippen molar-refractivity contribution in [2.45, 2.75) is 6.10 Å². The lowest BCUT2D eigenvalue weighted by Crippen LogP contribution is -2.18. The molecule has 4 heteroatoms. The summed E-state index contributed by atoms with van der Waals surface area (Å²) in [6.07, 6.45) is -0.982. The number of carbonyl (C=O) groups is 2. The number of hydrogen-bond acceptors (Lipinski definition) is 4. The Kier molecular flexibility index (Phi) is 2.76. The van der Waals surface area contributed by atoms with Gasteiger partial charge in [0.1, 0.15) is 5.75 Å². The number of fused-ring (bicyclic) bond motifs is 1. The van der Waals surface area contributed by atoms with E-state index in [4.69, 9.17) is 9.47 Å². The Morgan fingerprint density at radius 3 is 2.47 bits per heavy atom. The molecule has 1 heterocycles. The second-order valence-corrected chi connectivity index (χ2v) is 4.11. The lowest BCUT2D eigenvalue weighted by atomic mass is 10.1. The van der Waals surface area contributed by atoms with Crippen molar-refractivity contribution in [2.75, 3.05) is 0 Å². The standard InChI is InChI=1S/C15H10O4/c16-14-12-9-5-4-8-11(12)13(19-14)15(17)18-10-6-2-1-3-7-10/h1-9,13H. The third-order valence-electron chi connectivity index (χ3n) is 2.86. The van der Waals surface area contributed by atoms with Gasteiger partial charge in [-0.1, -0.05) is 36.4 Å². The zero-order valence-corrected chi connectivity index (χ0v) is 9.91. The van der Waals surface area contributed by atoms with Crippen LogP contribution in [-0.4, -0.2) is 11.9 Å². The summed E-state index contributed by atoms with van der Waals surface area (Å²) >= 11 is 0. The highest BCUT2D eigenvalue weighted by molar-refractivity contribution is 5.99. The molecule has 2 aromatic rings. The predicted molar refractivity (Wildman–Crippen MR) is 66.7 cm³/mol. The maximum atomic E-state index is 12.0. The van der Waals surface area contributed by atoms with Gasteiger partial charge in [-0.05, 0) is 18.2 Å². The van der Waals surface area contributed by atoms with Crippen LogP contribution < -0.4 is 4.74 Å². The zero-order chi connectivity index (χ0) is 13.2. The van der Waals surface area contributed by atoms with Crippen LogP contribution in [0.2, 0.25) is 0 Å². The van der Waals surface area contributed by atoms with Crippen molar-refractivity contribution in [1.82, 2.24) is 0 Å². The molecule has 0 spiro atoms. The summed E-state index contributed by atoms with van der Waals surface area (Å²) in [4.78, 5) is 23.6. The van der Waals surface area contributed by atoms with Gasteiger partial charge >= 0.3 is 11.9 Å². The molecule has 2 aromatic carbocycles. The van der Waals surface area contributed by atoms with Gasteiger partial charge in [-0.15, -0.1) is 0 Å². The molecular formula is C15H10O4. The summed E-state index contributed by atoms with van der Waals surface area (Å²) in [5, 5.41) is 0. The Hall–Kier alpha value is -2.62. The summed E-state index contributed by atoms with van der Waals surface area (Å²) in [7, 11) is 0. The van der Waals surface area contributed by atoms with Gasteiger partial charge < -0.3 is 9.47 Å². The second-order valence-electron chi connectivity index (χ2n) is 4.11. The molecule has 3 rings (SSSR count). The van der Waals surface area contributed by atoms with Crippen molar-refractivity contribution in [2.24, 2.45) is 0 Å². The number of esters is 2. The van der Waals surface area contributed by atoms with E-state index in [0.29, 0.717) is 16.9 Å². The van der Waals surface area contributed by atoms with E-state index in [2.05, 4.69) is 0 Å². The van der Waals surface area contributed by atoms with Crippen LogP contribution in [0.15, 0.2) is 54.6 Å². The highest BCUT2D eigenvalue weighted by Gasteiger charge is 2.37. The van der Waals surface area contributed by atoms with Gasteiger partial charge in [0, 0.05) is 5.56 Å². The fourth-order valence-corrected chi connectivity index (χ4v) is 1.98. The number of carbonyl (C=O) groups excluding carboxylic acids is 2. The number of cyclic esters (lactones) is 1. The number of rotatable bonds is 2. The predicted octanol–water partition coefficient (Wildman–Crippen LogP) is 2.50. The molecule has 0 aromatic heterocycles. The summed E-state index contributed by atoms with van der Waals surface area (Å²) < 4.78 is 10.2. The van der Waals surface area contributed by atoms with E-state index < -0.39 is 18.0 Å². The SMILES string of the molecule is O=C1OC(C(=O)Oc2ccccc2)c2ccccc21. The minimum Gasteiger partial charge on any atom is -0.442 e. The molecule has 0 aliphatic carbocycles. The van der Waals surface area contributed by atoms with Crippen molar-refractivity contribution < 1.29 is 19.1 Å². The molecule has 0 saturated heterocycles. The van der Waals surface area contributed by atoms with E-state index in [1.165, 1.54) is 0 Å². The minimum absolute atomic E-state index is 0.414. The Balaban J connectivity index is 1.85. The van der Waals surface area contributed by atoms with Gasteiger partial charge in [-0.3, -0.25) is 0 Å². The van der Waals surface area contributed by atoms with Crippen molar-refractivity contribution in [3.8, 4) is 5.75 Å². The first kappa shape index (κ1) is 11.5. The van der Waals surface area contributed by atoms with Gasteiger partial charge in [0.2, 0.25) is 6.10 Å². The van der Waals surface area contributed by atoms with E-state index in [1.54, 1.807) is 48.5 Å². The van der Waals surface area contributed by atoms with Crippen molar-refractivity contribution in [3.05, 3.63) is 65.7 Å². The van der Waals surface area contributed by atoms with Gasteiger partial charge in [0.25, 0.3) is 0 Å². The lowest BCUT2D eigenvalue weighted by molar-refractivity contribution is -0.143. The first-order valence-corrected chi connectivity index (χ1v) is 5.82. The smallest absolute Gasteiger partial charge is 0.357 e. The average Bonchev–Trinajstić information content (AvgIpc) is 2.78. The van der Waals surface area contributed by atoms with Crippen molar-refractivity contribution in [1.29, 1.82) is 0 Å². The molecule has 94 valence electrons. The van der Waals surface area contributed by atoms with E-state index in [9.17, 15) is 9.59 Å². The molecule has 1 unspecified atom stereocenters. The number of para-hydroxylation sites is 1. The maximum Gasteiger partial charge on any atom is 0.357 e. The normalized spacial score (nSPS) is 16.6. The fourth-order valence-electron chi connectivity index (χ4n) is 1.98. The van der Waals surface area contributed by atoms with Crippen molar-refractivity contribution in [3.63, 3.8) is 0 Å². The first-order chi connectivity index (χ1) is 9.25. The van der Waals surface area contributed by atoms with E-state index in [0.717, 1.165) is 0 Å². The maximum absolute atomic E-state index is 12.0. The van der Waals surface area contributed by atoms with E-state index in [1.807, 2.05) is 6.07 Å². The highest BCUT2D eigenvalue weighted by Crippen LogP contribution is 2.31. The van der Waals surface area contributed by atoms with Crippen LogP contribution in [0.1, 0.15) is 22.0 Å². The lowest BCUT2D eigenvalue weighted by Gasteiger charge is -2.10. The molecule has 0 radical (unpaired) electrons. The monoisotopic (exact) mass is 254 g/mol. The molecule has 1 aliphatic heterocycles. The van der Waals surface area contributed by atoms with Crippen LogP contribution in [0.5, 0.6) is 5.75 Å². The highest BCUT2D eigenvalue weighted by atomic mass is 16.6. The average molecular weight is 254 g/mol. The molecule has 0 saturated carbocycles. The Morgan fingerprint density at radius 1 is 1.00 bits per heavy atom. The molecule has 0 bridgehead atoms. The third kappa shape index (κ3) is 2.08. The molecule has 0 fully saturated rings. The van der Waals surface area contributed by atoms with Gasteiger partial charge in [0.05, 0.1) is 5.56 Å². The molecule has 4 nitrogen and oxygen atoms in total. The van der Waals surface area contributed by atoms with Crippen LogP contribution in [0.3, 0.4) is 0 Å². The van der Waals surface area contributed by atoms with E-state index in [-0.39, 0.29) is 0 Å². The molecule has 0 N–H and O–H groups in total. The fraction of sp³-hybridized carbons (Fsp3) is 0.0667. The van der Waals surface area contributed by atoms with Crippen molar-refractivity contribution >= 4 is 11.9 Å². The van der Waals surface area contributed by atoms with Gasteiger partial charge in [-0.25, -0.2) is 9.59 Å². The van der Waals surface area contributed by atoms with E-state index >= 15 is 0 Å². The van der Waals surface area contributed by atoms with Crippen LogP contribution in [0, 0.1) is 0 Å². The number of ether oxygens (including phenoxy) is 2. The third-order valence-corrected chi connectivity index (χ3v) is 2.86. The summed E-state index contributed by atoms with van der Waals surface area (Å²) in [6.45, 7) is 0. The van der Waals surface area contributed by atoms with Crippen LogP contribution in [0.4, 0.5) is 0 Å². The molecule has 19 heavy (non-hydrogen) atoms. The number of benzene rings is 2. The second kappa shape index (κ2) is 4.57. The van der Waals surface area contributed by atoms with Gasteiger partial charge in [-0.2, -0.15) is 0 Å². The van der Waals surface area contributed by atoms with Crippen LogP contribution >= 0.6 is 0 Å². The Labute approximate surface area is 109 Å². The minimum atomic E-state index is -0.982.